The van der Waals surface area contributed by atoms with Crippen LogP contribution in [0.1, 0.15) is 0 Å². The Balaban J connectivity index is 2.51. The Hall–Kier alpha value is -0.500. The first-order valence-corrected chi connectivity index (χ1v) is 3.32. The summed E-state index contributed by atoms with van der Waals surface area (Å²) in [4.78, 5) is 10.1. The Morgan fingerprint density at radius 1 is 1.50 bits per heavy atom. The summed E-state index contributed by atoms with van der Waals surface area (Å²) < 4.78 is 0. The van der Waals surface area contributed by atoms with Crippen LogP contribution >= 0.6 is 11.8 Å². The van der Waals surface area contributed by atoms with Crippen molar-refractivity contribution >= 4 is 18.0 Å². The molecule has 0 bridgehead atoms. The van der Waals surface area contributed by atoms with E-state index in [0.717, 1.165) is 6.29 Å². The SMILES string of the molecule is O=CC1C=CC=CS1. The lowest BCUT2D eigenvalue weighted by molar-refractivity contribution is -0.106. The van der Waals surface area contributed by atoms with E-state index in [0.29, 0.717) is 0 Å². The maximum Gasteiger partial charge on any atom is 0.137 e. The third-order valence-corrected chi connectivity index (χ3v) is 1.76. The number of thioether (sulfide) groups is 1. The summed E-state index contributed by atoms with van der Waals surface area (Å²) in [6.07, 6.45) is 6.61. The molecule has 0 saturated carbocycles. The topological polar surface area (TPSA) is 17.1 Å². The molecule has 0 aromatic carbocycles. The molecule has 1 aliphatic heterocycles. The third kappa shape index (κ3) is 1.23. The summed E-state index contributed by atoms with van der Waals surface area (Å²) in [5.41, 5.74) is 0. The molecule has 1 heterocycles. The van der Waals surface area contributed by atoms with Gasteiger partial charge in [0.1, 0.15) is 6.29 Å². The molecule has 1 atom stereocenters. The molecule has 0 fully saturated rings. The molecule has 0 aromatic heterocycles. The van der Waals surface area contributed by atoms with Gasteiger partial charge in [-0.3, -0.25) is 0 Å². The van der Waals surface area contributed by atoms with Crippen molar-refractivity contribution in [2.75, 3.05) is 0 Å². The van der Waals surface area contributed by atoms with Gasteiger partial charge in [-0.15, -0.1) is 11.8 Å². The van der Waals surface area contributed by atoms with Gasteiger partial charge >= 0.3 is 0 Å². The van der Waals surface area contributed by atoms with Crippen molar-refractivity contribution in [3.05, 3.63) is 23.6 Å². The van der Waals surface area contributed by atoms with Gasteiger partial charge in [-0.2, -0.15) is 0 Å². The molecule has 0 aliphatic carbocycles. The van der Waals surface area contributed by atoms with Gasteiger partial charge in [0.05, 0.1) is 5.25 Å². The Morgan fingerprint density at radius 2 is 2.38 bits per heavy atom. The molecule has 42 valence electrons. The van der Waals surface area contributed by atoms with Crippen LogP contribution in [0.3, 0.4) is 0 Å². The molecule has 0 saturated heterocycles. The van der Waals surface area contributed by atoms with Crippen molar-refractivity contribution < 1.29 is 4.79 Å². The third-order valence-electron chi connectivity index (χ3n) is 0.860. The van der Waals surface area contributed by atoms with Gasteiger partial charge < -0.3 is 4.79 Å². The van der Waals surface area contributed by atoms with E-state index in [2.05, 4.69) is 0 Å². The molecule has 2 heteroatoms. The van der Waals surface area contributed by atoms with Crippen molar-refractivity contribution in [3.63, 3.8) is 0 Å². The van der Waals surface area contributed by atoms with Crippen molar-refractivity contribution in [1.82, 2.24) is 0 Å². The number of allylic oxidation sites excluding steroid dienone is 2. The van der Waals surface area contributed by atoms with Crippen LogP contribution < -0.4 is 0 Å². The maximum absolute atomic E-state index is 10.1. The average Bonchev–Trinajstić information content (AvgIpc) is 1.90. The van der Waals surface area contributed by atoms with Gasteiger partial charge in [-0.25, -0.2) is 0 Å². The van der Waals surface area contributed by atoms with E-state index in [4.69, 9.17) is 0 Å². The fourth-order valence-corrected chi connectivity index (χ4v) is 1.09. The first kappa shape index (κ1) is 5.63. The highest BCUT2D eigenvalue weighted by Gasteiger charge is 2.00. The van der Waals surface area contributed by atoms with E-state index in [9.17, 15) is 4.79 Å². The average molecular weight is 126 g/mol. The van der Waals surface area contributed by atoms with Crippen molar-refractivity contribution in [3.8, 4) is 0 Å². The van der Waals surface area contributed by atoms with Crippen molar-refractivity contribution in [2.24, 2.45) is 0 Å². The minimum absolute atomic E-state index is 0.0556. The number of rotatable bonds is 1. The molecule has 1 aliphatic rings. The predicted octanol–water partition coefficient (Wildman–Crippen LogP) is 1.37. The molecule has 0 amide bonds. The van der Waals surface area contributed by atoms with Crippen LogP contribution in [-0.4, -0.2) is 11.5 Å². The molecule has 0 aromatic rings. The number of carbonyl (C=O) groups is 1. The quantitative estimate of drug-likeness (QED) is 0.493. The van der Waals surface area contributed by atoms with Crippen LogP contribution in [0.2, 0.25) is 0 Å². The van der Waals surface area contributed by atoms with Crippen LogP contribution in [0.15, 0.2) is 23.6 Å². The minimum Gasteiger partial charge on any atom is -0.302 e. The summed E-state index contributed by atoms with van der Waals surface area (Å²) >= 11 is 1.53. The van der Waals surface area contributed by atoms with Gasteiger partial charge in [0.2, 0.25) is 0 Å². The second-order valence-electron chi connectivity index (χ2n) is 1.45. The summed E-state index contributed by atoms with van der Waals surface area (Å²) in [6, 6.07) is 0. The lowest BCUT2D eigenvalue weighted by atomic mass is 10.4. The summed E-state index contributed by atoms with van der Waals surface area (Å²) in [7, 11) is 0. The Labute approximate surface area is 52.5 Å². The van der Waals surface area contributed by atoms with E-state index >= 15 is 0 Å². The predicted molar refractivity (Wildman–Crippen MR) is 35.7 cm³/mol. The van der Waals surface area contributed by atoms with Gasteiger partial charge in [0.15, 0.2) is 0 Å². The first-order chi connectivity index (χ1) is 3.93. The highest BCUT2D eigenvalue weighted by molar-refractivity contribution is 8.03. The number of carbonyl (C=O) groups excluding carboxylic acids is 1. The van der Waals surface area contributed by atoms with E-state index in [1.54, 1.807) is 0 Å². The van der Waals surface area contributed by atoms with E-state index < -0.39 is 0 Å². The van der Waals surface area contributed by atoms with Gasteiger partial charge in [-0.1, -0.05) is 18.2 Å². The van der Waals surface area contributed by atoms with Crippen LogP contribution in [0.25, 0.3) is 0 Å². The lowest BCUT2D eigenvalue weighted by Gasteiger charge is -2.00. The smallest absolute Gasteiger partial charge is 0.137 e. The normalized spacial score (nSPS) is 25.8. The largest absolute Gasteiger partial charge is 0.302 e. The van der Waals surface area contributed by atoms with E-state index in [1.165, 1.54) is 11.8 Å². The van der Waals surface area contributed by atoms with Crippen LogP contribution in [0.4, 0.5) is 0 Å². The minimum atomic E-state index is 0.0556. The molecule has 1 rings (SSSR count). The monoisotopic (exact) mass is 126 g/mol. The van der Waals surface area contributed by atoms with Crippen LogP contribution in [-0.2, 0) is 4.79 Å². The zero-order chi connectivity index (χ0) is 5.82. The number of aldehydes is 1. The maximum atomic E-state index is 10.1. The van der Waals surface area contributed by atoms with Crippen LogP contribution in [0.5, 0.6) is 0 Å². The second kappa shape index (κ2) is 2.72. The lowest BCUT2D eigenvalue weighted by Crippen LogP contribution is -1.98. The van der Waals surface area contributed by atoms with Gasteiger partial charge in [0.25, 0.3) is 0 Å². The molecule has 1 nitrogen and oxygen atoms in total. The molecule has 0 N–H and O–H groups in total. The molecule has 0 spiro atoms. The van der Waals surface area contributed by atoms with Gasteiger partial charge in [-0.05, 0) is 5.41 Å². The summed E-state index contributed by atoms with van der Waals surface area (Å²) in [6.45, 7) is 0. The van der Waals surface area contributed by atoms with E-state index in [1.807, 2.05) is 23.6 Å². The fraction of sp³-hybridized carbons (Fsp3) is 0.167. The van der Waals surface area contributed by atoms with Crippen molar-refractivity contribution in [2.45, 2.75) is 5.25 Å². The molecular formula is C6H6OS. The molecule has 8 heavy (non-hydrogen) atoms. The zero-order valence-corrected chi connectivity index (χ0v) is 5.10. The second-order valence-corrected chi connectivity index (χ2v) is 2.54. The standard InChI is InChI=1S/C6H6OS/c7-5-6-3-1-2-4-8-6/h1-6H. The molecular weight excluding hydrogens is 120 g/mol. The van der Waals surface area contributed by atoms with Gasteiger partial charge in [0, 0.05) is 0 Å². The number of hydrogen-bond donors (Lipinski definition) is 0. The molecule has 1 unspecified atom stereocenters. The Bertz CT molecular complexity index is 137. The van der Waals surface area contributed by atoms with E-state index in [-0.39, 0.29) is 5.25 Å². The highest BCUT2D eigenvalue weighted by Crippen LogP contribution is 2.15. The fourth-order valence-electron chi connectivity index (χ4n) is 0.478. The number of hydrogen-bond acceptors (Lipinski definition) is 2. The Morgan fingerprint density at radius 3 is 2.75 bits per heavy atom. The highest BCUT2D eigenvalue weighted by atomic mass is 32.2. The summed E-state index contributed by atoms with van der Waals surface area (Å²) in [5.74, 6) is 0. The molecule has 0 radical (unpaired) electrons. The zero-order valence-electron chi connectivity index (χ0n) is 4.28. The first-order valence-electron chi connectivity index (χ1n) is 2.37. The Kier molecular flexibility index (Phi) is 1.92. The summed E-state index contributed by atoms with van der Waals surface area (Å²) in [5, 5.41) is 1.97. The van der Waals surface area contributed by atoms with Crippen molar-refractivity contribution in [1.29, 1.82) is 0 Å². The van der Waals surface area contributed by atoms with Crippen LogP contribution in [0, 0.1) is 0 Å².